The first-order valence-electron chi connectivity index (χ1n) is 13.3. The number of amides is 1. The summed E-state index contributed by atoms with van der Waals surface area (Å²) in [6, 6.07) is 22.1. The van der Waals surface area contributed by atoms with Gasteiger partial charge in [0.05, 0.1) is 9.79 Å². The lowest BCUT2D eigenvalue weighted by atomic mass is 10.2. The summed E-state index contributed by atoms with van der Waals surface area (Å²) in [5.41, 5.74) is 2.37. The lowest BCUT2D eigenvalue weighted by Crippen LogP contribution is -2.48. The van der Waals surface area contributed by atoms with Crippen LogP contribution in [0.25, 0.3) is 0 Å². The average Bonchev–Trinajstić information content (AvgIpc) is 2.94. The van der Waals surface area contributed by atoms with E-state index in [0.29, 0.717) is 18.7 Å². The summed E-state index contributed by atoms with van der Waals surface area (Å²) >= 11 is 0. The van der Waals surface area contributed by atoms with E-state index in [0.717, 1.165) is 11.1 Å². The monoisotopic (exact) mass is 584 g/mol. The van der Waals surface area contributed by atoms with E-state index in [1.165, 1.54) is 8.61 Å². The minimum Gasteiger partial charge on any atom is -0.336 e. The third-order valence-corrected chi connectivity index (χ3v) is 10.8. The highest BCUT2D eigenvalue weighted by atomic mass is 32.2. The fourth-order valence-electron chi connectivity index (χ4n) is 4.50. The molecule has 1 aliphatic heterocycles. The summed E-state index contributed by atoms with van der Waals surface area (Å²) < 4.78 is 56.9. The molecule has 0 aliphatic carbocycles. The Morgan fingerprint density at radius 3 is 1.45 bits per heavy atom. The molecule has 0 radical (unpaired) electrons. The second kappa shape index (κ2) is 13.0. The highest BCUT2D eigenvalue weighted by molar-refractivity contribution is 7.89. The van der Waals surface area contributed by atoms with Gasteiger partial charge in [-0.1, -0.05) is 53.6 Å². The largest absolute Gasteiger partial charge is 0.336 e. The molecule has 0 saturated carbocycles. The van der Waals surface area contributed by atoms with Gasteiger partial charge in [-0.2, -0.15) is 8.61 Å². The standard InChI is InChI=1S/C29H36N4O5S2/c1-24-8-12-27(13-9-24)39(35,36)32-18-16-30-17-19-33(40(37,38)28-14-10-25(2)11-15-28)23-21-31(20-22-32)29(34)26-6-4-3-5-7-26/h3-15,30H,16-23H2,1-2H3. The maximum Gasteiger partial charge on any atom is 0.253 e. The van der Waals surface area contributed by atoms with Crippen LogP contribution in [0.2, 0.25) is 0 Å². The maximum absolute atomic E-state index is 13.5. The number of rotatable bonds is 5. The molecular formula is C29H36N4O5S2. The molecule has 1 heterocycles. The van der Waals surface area contributed by atoms with Crippen LogP contribution in [0.1, 0.15) is 21.5 Å². The molecule has 1 aliphatic rings. The number of hydrogen-bond acceptors (Lipinski definition) is 6. The second-order valence-electron chi connectivity index (χ2n) is 9.84. The fourth-order valence-corrected chi connectivity index (χ4v) is 7.36. The summed E-state index contributed by atoms with van der Waals surface area (Å²) in [5, 5.41) is 3.20. The number of nitrogens with zero attached hydrogens (tertiary/aromatic N) is 3. The molecular weight excluding hydrogens is 548 g/mol. The quantitative estimate of drug-likeness (QED) is 0.494. The Bertz CT molecular complexity index is 1400. The Morgan fingerprint density at radius 2 is 1.02 bits per heavy atom. The van der Waals surface area contributed by atoms with Crippen LogP contribution >= 0.6 is 0 Å². The van der Waals surface area contributed by atoms with Gasteiger partial charge in [0.2, 0.25) is 20.0 Å². The van der Waals surface area contributed by atoms with Crippen LogP contribution in [0.5, 0.6) is 0 Å². The molecule has 1 fully saturated rings. The molecule has 0 spiro atoms. The Morgan fingerprint density at radius 1 is 0.600 bits per heavy atom. The molecule has 0 unspecified atom stereocenters. The molecule has 3 aromatic carbocycles. The Balaban J connectivity index is 1.61. The predicted molar refractivity (Wildman–Crippen MR) is 155 cm³/mol. The summed E-state index contributed by atoms with van der Waals surface area (Å²) in [5.74, 6) is -0.281. The number of carbonyl (C=O) groups excluding carboxylic acids is 1. The maximum atomic E-state index is 13.5. The van der Waals surface area contributed by atoms with Crippen molar-refractivity contribution in [2.24, 2.45) is 0 Å². The summed E-state index contributed by atoms with van der Waals surface area (Å²) in [6.45, 7) is 5.16. The van der Waals surface area contributed by atoms with E-state index in [1.54, 1.807) is 77.7 Å². The Hall–Kier alpha value is -3.09. The Labute approximate surface area is 237 Å². The van der Waals surface area contributed by atoms with E-state index in [1.807, 2.05) is 19.9 Å². The minimum atomic E-state index is -3.81. The zero-order valence-corrected chi connectivity index (χ0v) is 24.5. The van der Waals surface area contributed by atoms with Crippen LogP contribution in [-0.4, -0.2) is 88.6 Å². The van der Waals surface area contributed by atoms with Crippen molar-refractivity contribution in [3.05, 3.63) is 95.6 Å². The van der Waals surface area contributed by atoms with E-state index in [9.17, 15) is 21.6 Å². The first-order valence-corrected chi connectivity index (χ1v) is 16.2. The molecule has 0 aromatic heterocycles. The molecule has 1 saturated heterocycles. The molecule has 0 bridgehead atoms. The van der Waals surface area contributed by atoms with Crippen molar-refractivity contribution in [1.29, 1.82) is 0 Å². The summed E-state index contributed by atoms with van der Waals surface area (Å²) in [7, 11) is -7.61. The SMILES string of the molecule is Cc1ccc(S(=O)(=O)N2CCNCCN(S(=O)(=O)c3ccc(C)cc3)CCN(C(=O)c3ccccc3)CC2)cc1. The Kier molecular flexibility index (Phi) is 9.75. The fraction of sp³-hybridized carbons (Fsp3) is 0.345. The van der Waals surface area contributed by atoms with Crippen molar-refractivity contribution < 1.29 is 21.6 Å². The van der Waals surface area contributed by atoms with Crippen LogP contribution in [0.4, 0.5) is 0 Å². The first kappa shape index (κ1) is 29.9. The predicted octanol–water partition coefficient (Wildman–Crippen LogP) is 2.73. The molecule has 1 N–H and O–H groups in total. The van der Waals surface area contributed by atoms with Crippen molar-refractivity contribution in [3.63, 3.8) is 0 Å². The number of benzene rings is 3. The third-order valence-electron chi connectivity index (χ3n) is 6.94. The zero-order valence-electron chi connectivity index (χ0n) is 22.9. The summed E-state index contributed by atoms with van der Waals surface area (Å²) in [4.78, 5) is 15.5. The van der Waals surface area contributed by atoms with Crippen molar-refractivity contribution in [1.82, 2.24) is 18.8 Å². The van der Waals surface area contributed by atoms with E-state index < -0.39 is 20.0 Å². The van der Waals surface area contributed by atoms with Gasteiger partial charge in [-0.05, 0) is 50.2 Å². The smallest absolute Gasteiger partial charge is 0.253 e. The first-order chi connectivity index (χ1) is 19.1. The lowest BCUT2D eigenvalue weighted by Gasteiger charge is -2.31. The highest BCUT2D eigenvalue weighted by Crippen LogP contribution is 2.19. The number of nitrogens with one attached hydrogen (secondary N) is 1. The van der Waals surface area contributed by atoms with Gasteiger partial charge in [0.1, 0.15) is 0 Å². The van der Waals surface area contributed by atoms with E-state index >= 15 is 0 Å². The number of aryl methyl sites for hydroxylation is 2. The molecule has 1 amide bonds. The highest BCUT2D eigenvalue weighted by Gasteiger charge is 2.29. The lowest BCUT2D eigenvalue weighted by molar-refractivity contribution is 0.0739. The van der Waals surface area contributed by atoms with Gasteiger partial charge in [0.15, 0.2) is 0 Å². The van der Waals surface area contributed by atoms with E-state index in [2.05, 4.69) is 5.32 Å². The second-order valence-corrected chi connectivity index (χ2v) is 13.7. The molecule has 3 aromatic rings. The van der Waals surface area contributed by atoms with Crippen molar-refractivity contribution >= 4 is 26.0 Å². The number of carbonyl (C=O) groups is 1. The van der Waals surface area contributed by atoms with Crippen molar-refractivity contribution in [2.45, 2.75) is 23.6 Å². The molecule has 4 rings (SSSR count). The van der Waals surface area contributed by atoms with Gasteiger partial charge < -0.3 is 10.2 Å². The van der Waals surface area contributed by atoms with Crippen LogP contribution in [-0.2, 0) is 20.0 Å². The molecule has 11 heteroatoms. The van der Waals surface area contributed by atoms with Gasteiger partial charge in [0.25, 0.3) is 5.91 Å². The number of sulfonamides is 2. The van der Waals surface area contributed by atoms with Crippen LogP contribution in [0.3, 0.4) is 0 Å². The third kappa shape index (κ3) is 7.15. The van der Waals surface area contributed by atoms with E-state index in [-0.39, 0.29) is 55.0 Å². The molecule has 214 valence electrons. The topological polar surface area (TPSA) is 107 Å². The van der Waals surface area contributed by atoms with Gasteiger partial charge >= 0.3 is 0 Å². The zero-order chi connectivity index (χ0) is 28.8. The molecule has 9 nitrogen and oxygen atoms in total. The van der Waals surface area contributed by atoms with Gasteiger partial charge in [-0.15, -0.1) is 0 Å². The average molecular weight is 585 g/mol. The van der Waals surface area contributed by atoms with Crippen molar-refractivity contribution in [3.8, 4) is 0 Å². The summed E-state index contributed by atoms with van der Waals surface area (Å²) in [6.07, 6.45) is 0. The van der Waals surface area contributed by atoms with Crippen LogP contribution < -0.4 is 5.32 Å². The number of hydrogen-bond donors (Lipinski definition) is 1. The van der Waals surface area contributed by atoms with E-state index in [4.69, 9.17) is 0 Å². The molecule has 40 heavy (non-hydrogen) atoms. The minimum absolute atomic E-state index is 0.0706. The van der Waals surface area contributed by atoms with Gasteiger partial charge in [-0.25, -0.2) is 16.8 Å². The van der Waals surface area contributed by atoms with Crippen LogP contribution in [0.15, 0.2) is 88.7 Å². The van der Waals surface area contributed by atoms with Gasteiger partial charge in [0, 0.05) is 57.9 Å². The van der Waals surface area contributed by atoms with Gasteiger partial charge in [-0.3, -0.25) is 4.79 Å². The molecule has 0 atom stereocenters. The van der Waals surface area contributed by atoms with Crippen molar-refractivity contribution in [2.75, 3.05) is 52.4 Å². The normalized spacial score (nSPS) is 17.1. The van der Waals surface area contributed by atoms with Crippen LogP contribution in [0, 0.1) is 13.8 Å².